The van der Waals surface area contributed by atoms with Crippen LogP contribution in [0.4, 0.5) is 4.79 Å². The lowest BCUT2D eigenvalue weighted by atomic mass is 9.89. The van der Waals surface area contributed by atoms with Crippen LogP contribution in [0.2, 0.25) is 0 Å². The second-order valence-corrected chi connectivity index (χ2v) is 4.52. The molecule has 0 radical (unpaired) electrons. The number of carboxylic acid groups (broad SMARTS) is 1. The quantitative estimate of drug-likeness (QED) is 0.652. The number of carbonyl (C=O) groups is 1. The van der Waals surface area contributed by atoms with Crippen molar-refractivity contribution >= 4 is 6.09 Å². The van der Waals surface area contributed by atoms with Crippen LogP contribution < -0.4 is 0 Å². The van der Waals surface area contributed by atoms with E-state index in [1.165, 1.54) is 4.90 Å². The SMILES string of the molecule is O=C(O)N1CCC(CCC(CO)CO)CC1. The van der Waals surface area contributed by atoms with Gasteiger partial charge in [-0.15, -0.1) is 0 Å². The van der Waals surface area contributed by atoms with Gasteiger partial charge in [-0.25, -0.2) is 4.79 Å². The van der Waals surface area contributed by atoms with E-state index in [1.54, 1.807) is 0 Å². The average molecular weight is 231 g/mol. The van der Waals surface area contributed by atoms with Gasteiger partial charge in [-0.05, 0) is 31.6 Å². The molecule has 1 heterocycles. The maximum Gasteiger partial charge on any atom is 0.407 e. The average Bonchev–Trinajstić information content (AvgIpc) is 2.31. The highest BCUT2D eigenvalue weighted by atomic mass is 16.4. The number of likely N-dealkylation sites (tertiary alicyclic amines) is 1. The molecule has 94 valence electrons. The van der Waals surface area contributed by atoms with E-state index in [4.69, 9.17) is 15.3 Å². The molecule has 1 rings (SSSR count). The van der Waals surface area contributed by atoms with Crippen molar-refractivity contribution in [1.29, 1.82) is 0 Å². The summed E-state index contributed by atoms with van der Waals surface area (Å²) in [6.07, 6.45) is 2.76. The van der Waals surface area contributed by atoms with E-state index < -0.39 is 6.09 Å². The first-order chi connectivity index (χ1) is 7.67. The Bertz CT molecular complexity index is 210. The third-order valence-electron chi connectivity index (χ3n) is 3.38. The molecule has 1 aliphatic heterocycles. The van der Waals surface area contributed by atoms with Gasteiger partial charge in [-0.2, -0.15) is 0 Å². The van der Waals surface area contributed by atoms with Crippen molar-refractivity contribution in [3.8, 4) is 0 Å². The van der Waals surface area contributed by atoms with Gasteiger partial charge in [0.1, 0.15) is 0 Å². The van der Waals surface area contributed by atoms with E-state index in [2.05, 4.69) is 0 Å². The summed E-state index contributed by atoms with van der Waals surface area (Å²) in [5.41, 5.74) is 0. The van der Waals surface area contributed by atoms with Gasteiger partial charge in [0, 0.05) is 32.2 Å². The Morgan fingerprint density at radius 1 is 1.25 bits per heavy atom. The number of hydrogen-bond acceptors (Lipinski definition) is 3. The smallest absolute Gasteiger partial charge is 0.407 e. The fourth-order valence-corrected chi connectivity index (χ4v) is 2.12. The summed E-state index contributed by atoms with van der Waals surface area (Å²) < 4.78 is 0. The maximum atomic E-state index is 10.7. The Labute approximate surface area is 95.7 Å². The molecule has 1 amide bonds. The summed E-state index contributed by atoms with van der Waals surface area (Å²) in [5, 5.41) is 26.6. The number of aliphatic hydroxyl groups excluding tert-OH is 2. The van der Waals surface area contributed by atoms with Crippen LogP contribution in [-0.2, 0) is 0 Å². The van der Waals surface area contributed by atoms with Crippen molar-refractivity contribution in [3.63, 3.8) is 0 Å². The third-order valence-corrected chi connectivity index (χ3v) is 3.38. The molecule has 0 spiro atoms. The van der Waals surface area contributed by atoms with Crippen LogP contribution >= 0.6 is 0 Å². The number of piperidine rings is 1. The van der Waals surface area contributed by atoms with Crippen molar-refractivity contribution in [2.45, 2.75) is 25.7 Å². The molecule has 0 aromatic rings. The lowest BCUT2D eigenvalue weighted by Gasteiger charge is -2.30. The molecular formula is C11H21NO4. The Hall–Kier alpha value is -0.810. The molecule has 0 saturated carbocycles. The van der Waals surface area contributed by atoms with Crippen LogP contribution in [0.3, 0.4) is 0 Å². The highest BCUT2D eigenvalue weighted by Crippen LogP contribution is 2.23. The first-order valence-corrected chi connectivity index (χ1v) is 5.87. The highest BCUT2D eigenvalue weighted by Gasteiger charge is 2.22. The minimum Gasteiger partial charge on any atom is -0.465 e. The highest BCUT2D eigenvalue weighted by molar-refractivity contribution is 5.64. The van der Waals surface area contributed by atoms with Crippen molar-refractivity contribution in [1.82, 2.24) is 4.90 Å². The van der Waals surface area contributed by atoms with E-state index in [0.717, 1.165) is 25.7 Å². The second-order valence-electron chi connectivity index (χ2n) is 4.52. The number of nitrogens with zero attached hydrogens (tertiary/aromatic N) is 1. The Kier molecular flexibility index (Phi) is 5.55. The normalized spacial score (nSPS) is 18.1. The van der Waals surface area contributed by atoms with E-state index in [9.17, 15) is 4.79 Å². The predicted molar refractivity (Wildman–Crippen MR) is 59.2 cm³/mol. The molecule has 0 atom stereocenters. The Morgan fingerprint density at radius 3 is 2.25 bits per heavy atom. The molecule has 1 fully saturated rings. The van der Waals surface area contributed by atoms with Crippen molar-refractivity contribution in [2.75, 3.05) is 26.3 Å². The van der Waals surface area contributed by atoms with Gasteiger partial charge in [-0.3, -0.25) is 0 Å². The minimum absolute atomic E-state index is 0.0162. The third kappa shape index (κ3) is 3.98. The standard InChI is InChI=1S/C11H21NO4/c13-7-10(8-14)2-1-9-3-5-12(6-4-9)11(15)16/h9-10,13-14H,1-8H2,(H,15,16). The molecule has 1 saturated heterocycles. The zero-order chi connectivity index (χ0) is 12.0. The summed E-state index contributed by atoms with van der Waals surface area (Å²) in [5.74, 6) is 0.522. The summed E-state index contributed by atoms with van der Waals surface area (Å²) in [6.45, 7) is 1.29. The summed E-state index contributed by atoms with van der Waals surface area (Å²) in [7, 11) is 0. The Morgan fingerprint density at radius 2 is 1.81 bits per heavy atom. The minimum atomic E-state index is -0.831. The Balaban J connectivity index is 2.19. The van der Waals surface area contributed by atoms with Gasteiger partial charge in [0.25, 0.3) is 0 Å². The lowest BCUT2D eigenvalue weighted by molar-refractivity contribution is 0.113. The van der Waals surface area contributed by atoms with Crippen molar-refractivity contribution in [2.24, 2.45) is 11.8 Å². The van der Waals surface area contributed by atoms with E-state index in [1.807, 2.05) is 0 Å². The van der Waals surface area contributed by atoms with Crippen molar-refractivity contribution < 1.29 is 20.1 Å². The summed E-state index contributed by atoms with van der Waals surface area (Å²) in [6, 6.07) is 0. The molecule has 5 heteroatoms. The molecular weight excluding hydrogens is 210 g/mol. The van der Waals surface area contributed by atoms with Crippen LogP contribution in [0.1, 0.15) is 25.7 Å². The van der Waals surface area contributed by atoms with Gasteiger partial charge in [0.2, 0.25) is 0 Å². The number of hydrogen-bond donors (Lipinski definition) is 3. The van der Waals surface area contributed by atoms with Crippen LogP contribution in [0.15, 0.2) is 0 Å². The van der Waals surface area contributed by atoms with Gasteiger partial charge >= 0.3 is 6.09 Å². The first-order valence-electron chi connectivity index (χ1n) is 5.87. The van der Waals surface area contributed by atoms with Gasteiger partial charge in [0.05, 0.1) is 0 Å². The molecule has 0 aromatic carbocycles. The summed E-state index contributed by atoms with van der Waals surface area (Å²) >= 11 is 0. The van der Waals surface area contributed by atoms with E-state index >= 15 is 0 Å². The first kappa shape index (κ1) is 13.3. The van der Waals surface area contributed by atoms with Crippen LogP contribution in [0.25, 0.3) is 0 Å². The fourth-order valence-electron chi connectivity index (χ4n) is 2.12. The molecule has 0 unspecified atom stereocenters. The number of aliphatic hydroxyl groups is 2. The molecule has 5 nitrogen and oxygen atoms in total. The molecule has 16 heavy (non-hydrogen) atoms. The molecule has 3 N–H and O–H groups in total. The largest absolute Gasteiger partial charge is 0.465 e. The zero-order valence-electron chi connectivity index (χ0n) is 9.51. The van der Waals surface area contributed by atoms with Crippen LogP contribution in [0.5, 0.6) is 0 Å². The molecule has 0 aliphatic carbocycles. The van der Waals surface area contributed by atoms with Gasteiger partial charge in [0.15, 0.2) is 0 Å². The monoisotopic (exact) mass is 231 g/mol. The summed E-state index contributed by atoms with van der Waals surface area (Å²) in [4.78, 5) is 12.1. The predicted octanol–water partition coefficient (Wildman–Crippen LogP) is 0.757. The van der Waals surface area contributed by atoms with Gasteiger partial charge in [-0.1, -0.05) is 0 Å². The van der Waals surface area contributed by atoms with Gasteiger partial charge < -0.3 is 20.2 Å². The van der Waals surface area contributed by atoms with Crippen LogP contribution in [-0.4, -0.2) is 52.6 Å². The fraction of sp³-hybridized carbons (Fsp3) is 0.909. The van der Waals surface area contributed by atoms with Crippen LogP contribution in [0, 0.1) is 11.8 Å². The van der Waals surface area contributed by atoms with E-state index in [-0.39, 0.29) is 19.1 Å². The molecule has 0 aromatic heterocycles. The zero-order valence-corrected chi connectivity index (χ0v) is 9.51. The van der Waals surface area contributed by atoms with Crippen molar-refractivity contribution in [3.05, 3.63) is 0 Å². The second kappa shape index (κ2) is 6.70. The number of amides is 1. The van der Waals surface area contributed by atoms with E-state index in [0.29, 0.717) is 19.0 Å². The number of rotatable bonds is 5. The lowest BCUT2D eigenvalue weighted by Crippen LogP contribution is -2.37. The topological polar surface area (TPSA) is 81.0 Å². The molecule has 0 bridgehead atoms. The molecule has 1 aliphatic rings. The maximum absolute atomic E-state index is 10.7.